The molecule has 18 heavy (non-hydrogen) atoms. The number of nitrogens with zero attached hydrogens (tertiary/aromatic N) is 1. The summed E-state index contributed by atoms with van der Waals surface area (Å²) in [5.41, 5.74) is 5.62. The van der Waals surface area contributed by atoms with E-state index in [-0.39, 0.29) is 23.2 Å². The fourth-order valence-corrected chi connectivity index (χ4v) is 1.55. The predicted octanol–water partition coefficient (Wildman–Crippen LogP) is 3.62. The van der Waals surface area contributed by atoms with Crippen molar-refractivity contribution in [2.24, 2.45) is 10.7 Å². The van der Waals surface area contributed by atoms with Gasteiger partial charge in [-0.2, -0.15) is 13.2 Å². The lowest BCUT2D eigenvalue weighted by molar-refractivity contribution is -0.153. The Morgan fingerprint density at radius 1 is 1.44 bits per heavy atom. The van der Waals surface area contributed by atoms with Crippen molar-refractivity contribution < 1.29 is 17.9 Å². The Morgan fingerprint density at radius 2 is 2.11 bits per heavy atom. The van der Waals surface area contributed by atoms with Crippen LogP contribution in [0.5, 0.6) is 5.75 Å². The van der Waals surface area contributed by atoms with Gasteiger partial charge >= 0.3 is 6.18 Å². The van der Waals surface area contributed by atoms with Gasteiger partial charge in [0.25, 0.3) is 0 Å². The molecule has 8 heteroatoms. The Hall–Kier alpha value is -0.950. The van der Waals surface area contributed by atoms with Crippen LogP contribution in [0.3, 0.4) is 0 Å². The average Bonchev–Trinajstić information content (AvgIpc) is 2.28. The van der Waals surface area contributed by atoms with E-state index in [0.29, 0.717) is 4.47 Å². The fraction of sp³-hybridized carbons (Fsp3) is 0.300. The second kappa shape index (κ2) is 6.29. The van der Waals surface area contributed by atoms with Gasteiger partial charge in [0.2, 0.25) is 0 Å². The van der Waals surface area contributed by atoms with Crippen molar-refractivity contribution >= 4 is 39.1 Å². The number of aliphatic imine (C=N–C) groups is 1. The lowest BCUT2D eigenvalue weighted by Crippen LogP contribution is -2.19. The molecule has 1 aromatic carbocycles. The van der Waals surface area contributed by atoms with Crippen LogP contribution in [0, 0.1) is 0 Å². The number of ether oxygens (including phenoxy) is 1. The summed E-state index contributed by atoms with van der Waals surface area (Å²) < 4.78 is 41.4. The summed E-state index contributed by atoms with van der Waals surface area (Å²) in [4.78, 5) is 3.90. The first-order chi connectivity index (χ1) is 8.33. The largest absolute Gasteiger partial charge is 0.482 e. The maximum atomic E-state index is 12.1. The van der Waals surface area contributed by atoms with Crippen LogP contribution < -0.4 is 10.5 Å². The molecule has 0 bridgehead atoms. The normalized spacial score (nSPS) is 12.6. The molecule has 0 aromatic heterocycles. The van der Waals surface area contributed by atoms with Crippen molar-refractivity contribution in [1.82, 2.24) is 0 Å². The lowest BCUT2D eigenvalue weighted by Gasteiger charge is -2.12. The van der Waals surface area contributed by atoms with Crippen LogP contribution in [0.15, 0.2) is 27.7 Å². The fourth-order valence-electron chi connectivity index (χ4n) is 1.05. The highest BCUT2D eigenvalue weighted by atomic mass is 79.9. The Labute approximate surface area is 115 Å². The second-order valence-electron chi connectivity index (χ2n) is 3.23. The van der Waals surface area contributed by atoms with Gasteiger partial charge in [-0.05, 0) is 28.1 Å². The number of amidine groups is 1. The van der Waals surface area contributed by atoms with Gasteiger partial charge in [0, 0.05) is 4.47 Å². The summed E-state index contributed by atoms with van der Waals surface area (Å²) in [6.45, 7) is -1.40. The van der Waals surface area contributed by atoms with Crippen LogP contribution in [0.25, 0.3) is 0 Å². The van der Waals surface area contributed by atoms with Gasteiger partial charge in [-0.3, -0.25) is 0 Å². The number of hydrogen-bond donors (Lipinski definition) is 1. The van der Waals surface area contributed by atoms with Crippen molar-refractivity contribution in [3.63, 3.8) is 0 Å². The summed E-state index contributed by atoms with van der Waals surface area (Å²) in [6.07, 6.45) is -4.42. The van der Waals surface area contributed by atoms with Crippen LogP contribution in [-0.2, 0) is 0 Å². The van der Waals surface area contributed by atoms with Crippen LogP contribution >= 0.6 is 27.5 Å². The zero-order valence-electron chi connectivity index (χ0n) is 8.97. The molecule has 0 heterocycles. The molecule has 0 unspecified atom stereocenters. The molecule has 0 spiro atoms. The van der Waals surface area contributed by atoms with E-state index in [1.807, 2.05) is 0 Å². The first kappa shape index (κ1) is 15.1. The first-order valence-electron chi connectivity index (χ1n) is 4.70. The summed E-state index contributed by atoms with van der Waals surface area (Å²) in [7, 11) is 0. The van der Waals surface area contributed by atoms with E-state index < -0.39 is 12.8 Å². The highest BCUT2D eigenvalue weighted by molar-refractivity contribution is 9.10. The molecule has 0 saturated heterocycles. The third kappa shape index (κ3) is 4.73. The van der Waals surface area contributed by atoms with Gasteiger partial charge in [-0.15, -0.1) is 11.6 Å². The van der Waals surface area contributed by atoms with Gasteiger partial charge in [-0.1, -0.05) is 6.07 Å². The number of hydrogen-bond acceptors (Lipinski definition) is 2. The smallest absolute Gasteiger partial charge is 0.422 e. The third-order valence-corrected chi connectivity index (χ3v) is 2.65. The molecular formula is C10H9BrClF3N2O. The van der Waals surface area contributed by atoms with E-state index in [0.717, 1.165) is 0 Å². The molecule has 100 valence electrons. The molecule has 0 aliphatic carbocycles. The maximum Gasteiger partial charge on any atom is 0.422 e. The molecule has 0 saturated carbocycles. The van der Waals surface area contributed by atoms with Crippen molar-refractivity contribution in [2.45, 2.75) is 6.18 Å². The van der Waals surface area contributed by atoms with Gasteiger partial charge in [0.05, 0.1) is 5.88 Å². The minimum Gasteiger partial charge on any atom is -0.482 e. The molecule has 0 aliphatic heterocycles. The van der Waals surface area contributed by atoms with Gasteiger partial charge in [-0.25, -0.2) is 4.99 Å². The molecule has 2 N–H and O–H groups in total. The minimum atomic E-state index is -4.42. The SMILES string of the molecule is NC(CCl)=Nc1c(Br)cccc1OCC(F)(F)F. The molecule has 1 rings (SSSR count). The van der Waals surface area contributed by atoms with Gasteiger partial charge in [0.15, 0.2) is 6.61 Å². The van der Waals surface area contributed by atoms with Crippen molar-refractivity contribution in [1.29, 1.82) is 0 Å². The van der Waals surface area contributed by atoms with Crippen LogP contribution in [0.4, 0.5) is 18.9 Å². The summed E-state index contributed by atoms with van der Waals surface area (Å²) >= 11 is 8.62. The topological polar surface area (TPSA) is 47.6 Å². The summed E-state index contributed by atoms with van der Waals surface area (Å²) in [6, 6.07) is 4.52. The molecule has 0 aliphatic rings. The number of alkyl halides is 4. The van der Waals surface area contributed by atoms with Crippen molar-refractivity contribution in [3.05, 3.63) is 22.7 Å². The number of benzene rings is 1. The molecular weight excluding hydrogens is 336 g/mol. The summed E-state index contributed by atoms with van der Waals surface area (Å²) in [5, 5.41) is 0. The van der Waals surface area contributed by atoms with E-state index in [1.54, 1.807) is 6.07 Å². The van der Waals surface area contributed by atoms with E-state index in [4.69, 9.17) is 17.3 Å². The maximum absolute atomic E-state index is 12.1. The lowest BCUT2D eigenvalue weighted by atomic mass is 10.3. The second-order valence-corrected chi connectivity index (χ2v) is 4.35. The average molecular weight is 346 g/mol. The van der Waals surface area contributed by atoms with Gasteiger partial charge < -0.3 is 10.5 Å². The molecule has 0 atom stereocenters. The monoisotopic (exact) mass is 344 g/mol. The Bertz CT molecular complexity index is 451. The highest BCUT2D eigenvalue weighted by Crippen LogP contribution is 2.36. The van der Waals surface area contributed by atoms with E-state index in [2.05, 4.69) is 25.7 Å². The molecule has 0 radical (unpaired) electrons. The first-order valence-corrected chi connectivity index (χ1v) is 6.03. The quantitative estimate of drug-likeness (QED) is 0.515. The van der Waals surface area contributed by atoms with Crippen LogP contribution in [0.1, 0.15) is 0 Å². The number of halogens is 5. The van der Waals surface area contributed by atoms with Crippen LogP contribution in [0.2, 0.25) is 0 Å². The molecule has 1 aromatic rings. The minimum absolute atomic E-state index is 0.0187. The standard InChI is InChI=1S/C10H9BrClF3N2O/c11-6-2-1-3-7(18-5-10(13,14)15)9(6)17-8(16)4-12/h1-3H,4-5H2,(H2,16,17). The molecule has 3 nitrogen and oxygen atoms in total. The number of nitrogens with two attached hydrogens (primary N) is 1. The van der Waals surface area contributed by atoms with Crippen molar-refractivity contribution in [3.8, 4) is 5.75 Å². The summed E-state index contributed by atoms with van der Waals surface area (Å²) in [5.74, 6) is 0.0373. The highest BCUT2D eigenvalue weighted by Gasteiger charge is 2.29. The third-order valence-electron chi connectivity index (χ3n) is 1.73. The zero-order chi connectivity index (χ0) is 13.8. The number of rotatable bonds is 4. The predicted molar refractivity (Wildman–Crippen MR) is 67.7 cm³/mol. The molecule has 0 fully saturated rings. The van der Waals surface area contributed by atoms with Gasteiger partial charge in [0.1, 0.15) is 17.3 Å². The Morgan fingerprint density at radius 3 is 2.67 bits per heavy atom. The Kier molecular flexibility index (Phi) is 5.28. The Balaban J connectivity index is 3.01. The zero-order valence-corrected chi connectivity index (χ0v) is 11.3. The number of para-hydroxylation sites is 1. The van der Waals surface area contributed by atoms with E-state index in [9.17, 15) is 13.2 Å². The van der Waals surface area contributed by atoms with Crippen LogP contribution in [-0.4, -0.2) is 24.5 Å². The molecule has 0 amide bonds. The van der Waals surface area contributed by atoms with Crippen molar-refractivity contribution in [2.75, 3.05) is 12.5 Å². The van der Waals surface area contributed by atoms with E-state index >= 15 is 0 Å². The van der Waals surface area contributed by atoms with E-state index in [1.165, 1.54) is 12.1 Å².